The quantitative estimate of drug-likeness (QED) is 0.502. The minimum Gasteiger partial charge on any atom is -0.358 e. The number of hydrogen-bond donors (Lipinski definition) is 3. The van der Waals surface area contributed by atoms with Crippen LogP contribution in [0.5, 0.6) is 0 Å². The van der Waals surface area contributed by atoms with Crippen molar-refractivity contribution < 1.29 is 0 Å². The van der Waals surface area contributed by atoms with Gasteiger partial charge in [-0.25, -0.2) is 5.43 Å². The molecule has 1 fully saturated rings. The second-order valence-corrected chi connectivity index (χ2v) is 3.03. The Hall–Kier alpha value is -1.22. The number of rotatable bonds is 0. The van der Waals surface area contributed by atoms with Crippen molar-refractivity contribution in [3.05, 3.63) is 29.2 Å². The Bertz CT molecular complexity index is 324. The van der Waals surface area contributed by atoms with E-state index in [4.69, 9.17) is 0 Å². The first-order chi connectivity index (χ1) is 5.43. The SMILES string of the molecule is C1=C2NNCC2c2ccc1[nH]2. The molecule has 0 spiro atoms. The maximum Gasteiger partial charge on any atom is 0.0546 e. The first kappa shape index (κ1) is 5.43. The van der Waals surface area contributed by atoms with E-state index in [2.05, 4.69) is 34.0 Å². The highest BCUT2D eigenvalue weighted by molar-refractivity contribution is 5.57. The predicted molar refractivity (Wildman–Crippen MR) is 42.6 cm³/mol. The molecule has 1 aromatic rings. The largest absolute Gasteiger partial charge is 0.358 e. The van der Waals surface area contributed by atoms with Crippen LogP contribution in [0.15, 0.2) is 17.8 Å². The Morgan fingerprint density at radius 1 is 1.36 bits per heavy atom. The first-order valence-corrected chi connectivity index (χ1v) is 3.83. The molecule has 3 heterocycles. The summed E-state index contributed by atoms with van der Waals surface area (Å²) in [4.78, 5) is 3.33. The lowest BCUT2D eigenvalue weighted by Gasteiger charge is -2.11. The van der Waals surface area contributed by atoms with Crippen molar-refractivity contribution in [1.82, 2.24) is 15.8 Å². The zero-order chi connectivity index (χ0) is 7.26. The second-order valence-electron chi connectivity index (χ2n) is 3.03. The molecule has 56 valence electrons. The third-order valence-electron chi connectivity index (χ3n) is 2.33. The van der Waals surface area contributed by atoms with Gasteiger partial charge < -0.3 is 10.4 Å². The second kappa shape index (κ2) is 1.68. The Labute approximate surface area is 64.5 Å². The van der Waals surface area contributed by atoms with Gasteiger partial charge in [-0.15, -0.1) is 0 Å². The Kier molecular flexibility index (Phi) is 0.830. The number of fused-ring (bicyclic) bond motifs is 4. The highest BCUT2D eigenvalue weighted by Gasteiger charge is 2.26. The van der Waals surface area contributed by atoms with Gasteiger partial charge in [0.2, 0.25) is 0 Å². The monoisotopic (exact) mass is 147 g/mol. The van der Waals surface area contributed by atoms with Crippen molar-refractivity contribution in [2.24, 2.45) is 0 Å². The van der Waals surface area contributed by atoms with Crippen molar-refractivity contribution in [3.63, 3.8) is 0 Å². The molecule has 1 aromatic heterocycles. The topological polar surface area (TPSA) is 39.8 Å². The highest BCUT2D eigenvalue weighted by Crippen LogP contribution is 2.30. The van der Waals surface area contributed by atoms with Gasteiger partial charge in [0.15, 0.2) is 0 Å². The van der Waals surface area contributed by atoms with Gasteiger partial charge in [0.25, 0.3) is 0 Å². The molecule has 0 aliphatic carbocycles. The van der Waals surface area contributed by atoms with Crippen LogP contribution in [0, 0.1) is 0 Å². The fourth-order valence-electron chi connectivity index (χ4n) is 1.75. The van der Waals surface area contributed by atoms with Crippen LogP contribution in [0.4, 0.5) is 0 Å². The summed E-state index contributed by atoms with van der Waals surface area (Å²) in [5.41, 5.74) is 10.1. The summed E-state index contributed by atoms with van der Waals surface area (Å²) in [6, 6.07) is 4.26. The van der Waals surface area contributed by atoms with Gasteiger partial charge in [-0.05, 0) is 18.2 Å². The molecular weight excluding hydrogens is 138 g/mol. The number of hydrazine groups is 1. The molecule has 0 amide bonds. The summed E-state index contributed by atoms with van der Waals surface area (Å²) in [5.74, 6) is 0.525. The van der Waals surface area contributed by atoms with E-state index in [0.29, 0.717) is 5.92 Å². The van der Waals surface area contributed by atoms with E-state index in [0.717, 1.165) is 6.54 Å². The van der Waals surface area contributed by atoms with Crippen LogP contribution >= 0.6 is 0 Å². The molecule has 3 nitrogen and oxygen atoms in total. The van der Waals surface area contributed by atoms with Crippen LogP contribution in [0.3, 0.4) is 0 Å². The van der Waals surface area contributed by atoms with E-state index in [1.165, 1.54) is 17.1 Å². The van der Waals surface area contributed by atoms with Crippen molar-refractivity contribution in [1.29, 1.82) is 0 Å². The summed E-state index contributed by atoms with van der Waals surface area (Å²) in [6.45, 7) is 0.992. The van der Waals surface area contributed by atoms with Gasteiger partial charge in [-0.3, -0.25) is 0 Å². The molecule has 0 aromatic carbocycles. The number of aromatic amines is 1. The summed E-state index contributed by atoms with van der Waals surface area (Å²) < 4.78 is 0. The molecule has 2 aliphatic heterocycles. The Balaban J connectivity index is 2.20. The molecular formula is C8H9N3. The molecule has 2 aliphatic rings. The summed E-state index contributed by atoms with van der Waals surface area (Å²) in [7, 11) is 0. The Morgan fingerprint density at radius 2 is 2.36 bits per heavy atom. The third kappa shape index (κ3) is 0.607. The fraction of sp³-hybridized carbons (Fsp3) is 0.250. The van der Waals surface area contributed by atoms with E-state index >= 15 is 0 Å². The zero-order valence-electron chi connectivity index (χ0n) is 6.02. The van der Waals surface area contributed by atoms with E-state index in [-0.39, 0.29) is 0 Å². The van der Waals surface area contributed by atoms with Crippen molar-refractivity contribution in [2.75, 3.05) is 6.54 Å². The maximum absolute atomic E-state index is 3.33. The van der Waals surface area contributed by atoms with E-state index < -0.39 is 0 Å². The molecule has 1 atom stereocenters. The van der Waals surface area contributed by atoms with E-state index in [1.807, 2.05) is 0 Å². The van der Waals surface area contributed by atoms with Crippen LogP contribution in [-0.4, -0.2) is 11.5 Å². The van der Waals surface area contributed by atoms with Crippen molar-refractivity contribution in [3.8, 4) is 0 Å². The molecule has 3 heteroatoms. The van der Waals surface area contributed by atoms with E-state index in [9.17, 15) is 0 Å². The number of hydrogen-bond acceptors (Lipinski definition) is 2. The number of nitrogens with one attached hydrogen (secondary N) is 3. The number of aromatic nitrogens is 1. The third-order valence-corrected chi connectivity index (χ3v) is 2.33. The normalized spacial score (nSPS) is 25.8. The molecule has 11 heavy (non-hydrogen) atoms. The van der Waals surface area contributed by atoms with E-state index in [1.54, 1.807) is 0 Å². The summed E-state index contributed by atoms with van der Waals surface area (Å²) in [5, 5.41) is 0. The molecule has 2 bridgehead atoms. The lowest BCUT2D eigenvalue weighted by molar-refractivity contribution is 0.711. The van der Waals surface area contributed by atoms with Crippen molar-refractivity contribution in [2.45, 2.75) is 5.92 Å². The zero-order valence-corrected chi connectivity index (χ0v) is 6.02. The fourth-order valence-corrected chi connectivity index (χ4v) is 1.75. The minimum absolute atomic E-state index is 0.525. The first-order valence-electron chi connectivity index (χ1n) is 3.83. The van der Waals surface area contributed by atoms with Gasteiger partial charge in [-0.2, -0.15) is 0 Å². The average Bonchev–Trinajstić information content (AvgIpc) is 2.58. The van der Waals surface area contributed by atoms with Crippen LogP contribution in [0.25, 0.3) is 6.08 Å². The van der Waals surface area contributed by atoms with Crippen molar-refractivity contribution >= 4 is 6.08 Å². The molecule has 3 N–H and O–H groups in total. The standard InChI is InChI=1S/C8H9N3/c1-2-7-6-4-9-11-8(6)3-5(1)10-7/h1-3,6,9-11H,4H2. The summed E-state index contributed by atoms with van der Waals surface area (Å²) in [6.07, 6.45) is 2.15. The lowest BCUT2D eigenvalue weighted by Crippen LogP contribution is -2.20. The lowest BCUT2D eigenvalue weighted by atomic mass is 10.0. The van der Waals surface area contributed by atoms with Gasteiger partial charge in [0.1, 0.15) is 0 Å². The molecule has 0 saturated carbocycles. The van der Waals surface area contributed by atoms with Crippen LogP contribution in [0.2, 0.25) is 0 Å². The van der Waals surface area contributed by atoms with Gasteiger partial charge >= 0.3 is 0 Å². The summed E-state index contributed by atoms with van der Waals surface area (Å²) >= 11 is 0. The smallest absolute Gasteiger partial charge is 0.0546 e. The molecule has 1 saturated heterocycles. The predicted octanol–water partition coefficient (Wildman–Crippen LogP) is 0.561. The van der Waals surface area contributed by atoms with Gasteiger partial charge in [0, 0.05) is 23.6 Å². The minimum atomic E-state index is 0.525. The number of H-pyrrole nitrogens is 1. The molecule has 0 radical (unpaired) electrons. The van der Waals surface area contributed by atoms with Crippen LogP contribution in [0.1, 0.15) is 17.3 Å². The van der Waals surface area contributed by atoms with Crippen LogP contribution in [-0.2, 0) is 0 Å². The van der Waals surface area contributed by atoms with Gasteiger partial charge in [0.05, 0.1) is 5.92 Å². The molecule has 3 rings (SSSR count). The molecule has 1 unspecified atom stereocenters. The van der Waals surface area contributed by atoms with Gasteiger partial charge in [-0.1, -0.05) is 0 Å². The maximum atomic E-state index is 3.33. The Morgan fingerprint density at radius 3 is 3.36 bits per heavy atom. The van der Waals surface area contributed by atoms with Crippen LogP contribution < -0.4 is 10.9 Å². The highest BCUT2D eigenvalue weighted by atomic mass is 15.4. The average molecular weight is 147 g/mol.